The molecule has 1 heterocycles. The highest BCUT2D eigenvalue weighted by atomic mass is 16.5. The minimum atomic E-state index is 0.516. The van der Waals surface area contributed by atoms with Gasteiger partial charge in [-0.15, -0.1) is 0 Å². The highest BCUT2D eigenvalue weighted by Crippen LogP contribution is 2.30. The van der Waals surface area contributed by atoms with E-state index in [0.29, 0.717) is 17.5 Å². The van der Waals surface area contributed by atoms with Gasteiger partial charge in [0.05, 0.1) is 5.69 Å². The number of benzene rings is 1. The number of nitrogens with zero attached hydrogens (tertiary/aromatic N) is 2. The van der Waals surface area contributed by atoms with E-state index in [1.54, 1.807) is 4.68 Å². The molecule has 1 aromatic heterocycles. The molecule has 2 N–H and O–H groups in total. The second-order valence-corrected chi connectivity index (χ2v) is 5.36. The number of ether oxygens (including phenoxy) is 1. The van der Waals surface area contributed by atoms with E-state index >= 15 is 0 Å². The van der Waals surface area contributed by atoms with E-state index in [1.165, 1.54) is 5.56 Å². The monoisotopic (exact) mass is 273 g/mol. The minimum absolute atomic E-state index is 0.516. The van der Waals surface area contributed by atoms with Crippen molar-refractivity contribution in [3.05, 3.63) is 35.5 Å². The summed E-state index contributed by atoms with van der Waals surface area (Å²) in [5.74, 6) is 1.92. The van der Waals surface area contributed by atoms with Crippen LogP contribution in [-0.2, 0) is 13.5 Å². The van der Waals surface area contributed by atoms with Crippen LogP contribution in [0.25, 0.3) is 0 Å². The number of hydrogen-bond acceptors (Lipinski definition) is 3. The maximum Gasteiger partial charge on any atom is 0.241 e. The van der Waals surface area contributed by atoms with Gasteiger partial charge in [0.25, 0.3) is 0 Å². The summed E-state index contributed by atoms with van der Waals surface area (Å²) >= 11 is 0. The Bertz CT molecular complexity index is 570. The summed E-state index contributed by atoms with van der Waals surface area (Å²) in [6.45, 7) is 6.46. The largest absolute Gasteiger partial charge is 0.437 e. The quantitative estimate of drug-likeness (QED) is 0.899. The first-order chi connectivity index (χ1) is 9.52. The third-order valence-corrected chi connectivity index (χ3v) is 3.35. The van der Waals surface area contributed by atoms with Crippen molar-refractivity contribution >= 4 is 5.69 Å². The molecule has 4 nitrogen and oxygen atoms in total. The molecule has 0 atom stereocenters. The molecular weight excluding hydrogens is 250 g/mol. The lowest BCUT2D eigenvalue weighted by Gasteiger charge is -2.09. The van der Waals surface area contributed by atoms with Gasteiger partial charge in [0, 0.05) is 7.05 Å². The maximum atomic E-state index is 6.11. The molecule has 0 spiro atoms. The Morgan fingerprint density at radius 3 is 2.45 bits per heavy atom. The van der Waals surface area contributed by atoms with Crippen molar-refractivity contribution in [2.24, 2.45) is 7.05 Å². The summed E-state index contributed by atoms with van der Waals surface area (Å²) in [7, 11) is 1.85. The van der Waals surface area contributed by atoms with Crippen LogP contribution >= 0.6 is 0 Å². The van der Waals surface area contributed by atoms with Crippen LogP contribution in [0.15, 0.2) is 24.3 Å². The molecule has 108 valence electrons. The molecule has 0 radical (unpaired) electrons. The van der Waals surface area contributed by atoms with Crippen LogP contribution in [0.2, 0.25) is 0 Å². The van der Waals surface area contributed by atoms with Crippen molar-refractivity contribution in [2.45, 2.75) is 39.5 Å². The van der Waals surface area contributed by atoms with Gasteiger partial charge in [-0.1, -0.05) is 39.3 Å². The first kappa shape index (κ1) is 14.4. The molecule has 0 unspecified atom stereocenters. The van der Waals surface area contributed by atoms with Gasteiger partial charge in [0.1, 0.15) is 11.4 Å². The summed E-state index contributed by atoms with van der Waals surface area (Å²) in [6.07, 6.45) is 1.89. The lowest BCUT2D eigenvalue weighted by molar-refractivity contribution is 0.432. The van der Waals surface area contributed by atoms with Crippen LogP contribution in [0.3, 0.4) is 0 Å². The van der Waals surface area contributed by atoms with Crippen LogP contribution < -0.4 is 10.5 Å². The molecular formula is C16H23N3O. The van der Waals surface area contributed by atoms with Crippen molar-refractivity contribution < 1.29 is 4.74 Å². The third-order valence-electron chi connectivity index (χ3n) is 3.35. The van der Waals surface area contributed by atoms with Crippen molar-refractivity contribution in [3.63, 3.8) is 0 Å². The number of nitrogens with two attached hydrogens (primary N) is 1. The summed E-state index contributed by atoms with van der Waals surface area (Å²) in [6, 6.07) is 8.11. The number of aromatic nitrogens is 2. The highest BCUT2D eigenvalue weighted by Gasteiger charge is 2.14. The molecule has 0 saturated heterocycles. The lowest BCUT2D eigenvalue weighted by atomic mass is 10.0. The zero-order valence-corrected chi connectivity index (χ0v) is 12.7. The van der Waals surface area contributed by atoms with E-state index < -0.39 is 0 Å². The van der Waals surface area contributed by atoms with Gasteiger partial charge in [-0.3, -0.25) is 0 Å². The van der Waals surface area contributed by atoms with Crippen LogP contribution in [0.5, 0.6) is 11.6 Å². The molecule has 0 bridgehead atoms. The molecule has 2 aromatic rings. The van der Waals surface area contributed by atoms with Gasteiger partial charge in [-0.2, -0.15) is 5.10 Å². The van der Waals surface area contributed by atoms with Crippen molar-refractivity contribution in [1.82, 2.24) is 9.78 Å². The molecule has 2 rings (SSSR count). The Balaban J connectivity index is 2.21. The van der Waals surface area contributed by atoms with E-state index in [1.807, 2.05) is 19.2 Å². The Kier molecular flexibility index (Phi) is 4.32. The molecule has 0 fully saturated rings. The normalized spacial score (nSPS) is 11.1. The van der Waals surface area contributed by atoms with Gasteiger partial charge in [-0.25, -0.2) is 4.68 Å². The summed E-state index contributed by atoms with van der Waals surface area (Å²) in [5, 5.41) is 4.41. The van der Waals surface area contributed by atoms with Gasteiger partial charge in [0.2, 0.25) is 5.88 Å². The van der Waals surface area contributed by atoms with Crippen LogP contribution in [0.1, 0.15) is 44.4 Å². The SMILES string of the molecule is CCCc1nn(C)c(Oc2ccc(C(C)C)cc2)c1N. The first-order valence-corrected chi connectivity index (χ1v) is 7.12. The van der Waals surface area contributed by atoms with E-state index in [-0.39, 0.29) is 0 Å². The summed E-state index contributed by atoms with van der Waals surface area (Å²) in [5.41, 5.74) is 8.95. The average Bonchev–Trinajstić information content (AvgIpc) is 2.68. The fourth-order valence-electron chi connectivity index (χ4n) is 2.15. The molecule has 0 saturated carbocycles. The maximum absolute atomic E-state index is 6.11. The Morgan fingerprint density at radius 2 is 1.90 bits per heavy atom. The fourth-order valence-corrected chi connectivity index (χ4v) is 2.15. The molecule has 1 aromatic carbocycles. The summed E-state index contributed by atoms with van der Waals surface area (Å²) in [4.78, 5) is 0. The zero-order valence-electron chi connectivity index (χ0n) is 12.7. The van der Waals surface area contributed by atoms with Crippen LogP contribution in [0, 0.1) is 0 Å². The Labute approximate surface area is 120 Å². The number of hydrogen-bond donors (Lipinski definition) is 1. The van der Waals surface area contributed by atoms with Crippen LogP contribution in [0.4, 0.5) is 5.69 Å². The number of rotatable bonds is 5. The number of anilines is 1. The average molecular weight is 273 g/mol. The van der Waals surface area contributed by atoms with E-state index in [0.717, 1.165) is 24.3 Å². The van der Waals surface area contributed by atoms with Gasteiger partial charge >= 0.3 is 0 Å². The third kappa shape index (κ3) is 2.95. The van der Waals surface area contributed by atoms with E-state index in [9.17, 15) is 0 Å². The van der Waals surface area contributed by atoms with Crippen LogP contribution in [-0.4, -0.2) is 9.78 Å². The van der Waals surface area contributed by atoms with Gasteiger partial charge < -0.3 is 10.5 Å². The van der Waals surface area contributed by atoms with E-state index in [4.69, 9.17) is 10.5 Å². The second-order valence-electron chi connectivity index (χ2n) is 5.36. The minimum Gasteiger partial charge on any atom is -0.437 e. The topological polar surface area (TPSA) is 53.1 Å². The molecule has 4 heteroatoms. The molecule has 0 aliphatic rings. The predicted octanol–water partition coefficient (Wildman–Crippen LogP) is 3.87. The standard InChI is InChI=1S/C16H23N3O/c1-5-6-14-15(17)16(19(4)18-14)20-13-9-7-12(8-10-13)11(2)3/h7-11H,5-6,17H2,1-4H3. The van der Waals surface area contributed by atoms with Gasteiger partial charge in [0.15, 0.2) is 0 Å². The van der Waals surface area contributed by atoms with Crippen molar-refractivity contribution in [3.8, 4) is 11.6 Å². The van der Waals surface area contributed by atoms with Crippen molar-refractivity contribution in [2.75, 3.05) is 5.73 Å². The van der Waals surface area contributed by atoms with Gasteiger partial charge in [-0.05, 0) is 30.0 Å². The zero-order chi connectivity index (χ0) is 14.7. The number of nitrogen functional groups attached to an aromatic ring is 1. The number of aryl methyl sites for hydroxylation is 2. The smallest absolute Gasteiger partial charge is 0.241 e. The molecule has 0 aliphatic heterocycles. The second kappa shape index (κ2) is 5.99. The summed E-state index contributed by atoms with van der Waals surface area (Å²) < 4.78 is 7.58. The fraction of sp³-hybridized carbons (Fsp3) is 0.438. The van der Waals surface area contributed by atoms with E-state index in [2.05, 4.69) is 38.0 Å². The predicted molar refractivity (Wildman–Crippen MR) is 82.2 cm³/mol. The molecule has 20 heavy (non-hydrogen) atoms. The Morgan fingerprint density at radius 1 is 1.25 bits per heavy atom. The lowest BCUT2D eigenvalue weighted by Crippen LogP contribution is -1.97. The highest BCUT2D eigenvalue weighted by molar-refractivity contribution is 5.54. The molecule has 0 aliphatic carbocycles. The van der Waals surface area contributed by atoms with Crippen molar-refractivity contribution in [1.29, 1.82) is 0 Å². The molecule has 0 amide bonds. The first-order valence-electron chi connectivity index (χ1n) is 7.12. The Hall–Kier alpha value is -1.97.